The fraction of sp³-hybridized carbons (Fsp3) is 0.261. The minimum atomic E-state index is -0.823. The number of fused-ring (bicyclic) bond motifs is 1. The van der Waals surface area contributed by atoms with Gasteiger partial charge in [-0.25, -0.2) is 0 Å². The summed E-state index contributed by atoms with van der Waals surface area (Å²) in [5, 5.41) is 9.53. The van der Waals surface area contributed by atoms with Crippen LogP contribution in [0.5, 0.6) is 0 Å². The molecule has 2 aromatic carbocycles. The van der Waals surface area contributed by atoms with Crippen molar-refractivity contribution in [3.63, 3.8) is 0 Å². The highest BCUT2D eigenvalue weighted by atomic mass is 16.4. The van der Waals surface area contributed by atoms with E-state index >= 15 is 0 Å². The number of rotatable bonds is 3. The van der Waals surface area contributed by atoms with E-state index in [-0.39, 0.29) is 16.9 Å². The third kappa shape index (κ3) is 3.42. The molecule has 3 aromatic rings. The standard InChI is InChI=1S/C23H21NO5/c1-14-19(25)17-8-5-9-18(21(17)29-20(14)15-6-3-2-4-7-15)22(26)24-12-10-16(11-13-24)23(27)28/h2-9,16H,10-13H2,1H3,(H,27,28). The second-order valence-electron chi connectivity index (χ2n) is 7.34. The Hall–Kier alpha value is -3.41. The number of hydrogen-bond acceptors (Lipinski definition) is 4. The summed E-state index contributed by atoms with van der Waals surface area (Å²) in [5.74, 6) is -1.04. The number of para-hydroxylation sites is 1. The Labute approximate surface area is 167 Å². The number of likely N-dealkylation sites (tertiary alicyclic amines) is 1. The molecular weight excluding hydrogens is 370 g/mol. The monoisotopic (exact) mass is 391 g/mol. The largest absolute Gasteiger partial charge is 0.481 e. The number of aliphatic carboxylic acids is 1. The van der Waals surface area contributed by atoms with Crippen LogP contribution in [0.15, 0.2) is 57.7 Å². The summed E-state index contributed by atoms with van der Waals surface area (Å²) in [6.45, 7) is 2.46. The molecule has 0 radical (unpaired) electrons. The van der Waals surface area contributed by atoms with E-state index in [1.54, 1.807) is 30.0 Å². The van der Waals surface area contributed by atoms with E-state index in [9.17, 15) is 14.4 Å². The molecule has 0 saturated carbocycles. The van der Waals surface area contributed by atoms with E-state index in [1.807, 2.05) is 30.3 Å². The maximum Gasteiger partial charge on any atom is 0.306 e. The van der Waals surface area contributed by atoms with Gasteiger partial charge in [0, 0.05) is 24.2 Å². The zero-order valence-electron chi connectivity index (χ0n) is 16.1. The minimum Gasteiger partial charge on any atom is -0.481 e. The lowest BCUT2D eigenvalue weighted by Crippen LogP contribution is -2.40. The molecule has 1 aliphatic heterocycles. The van der Waals surface area contributed by atoms with Crippen molar-refractivity contribution in [2.45, 2.75) is 19.8 Å². The Kier molecular flexibility index (Phi) is 4.92. The highest BCUT2D eigenvalue weighted by Crippen LogP contribution is 2.28. The van der Waals surface area contributed by atoms with Crippen LogP contribution in [0.4, 0.5) is 0 Å². The molecule has 0 bridgehead atoms. The van der Waals surface area contributed by atoms with Crippen molar-refractivity contribution in [3.05, 3.63) is 69.9 Å². The Morgan fingerprint density at radius 3 is 2.38 bits per heavy atom. The lowest BCUT2D eigenvalue weighted by Gasteiger charge is -2.30. The number of amides is 1. The van der Waals surface area contributed by atoms with Crippen LogP contribution in [0, 0.1) is 12.8 Å². The summed E-state index contributed by atoms with van der Waals surface area (Å²) >= 11 is 0. The van der Waals surface area contributed by atoms with E-state index in [2.05, 4.69) is 0 Å². The van der Waals surface area contributed by atoms with Crippen LogP contribution in [0.2, 0.25) is 0 Å². The molecule has 1 amide bonds. The van der Waals surface area contributed by atoms with Crippen LogP contribution in [0.3, 0.4) is 0 Å². The number of piperidine rings is 1. The molecule has 4 rings (SSSR count). The highest BCUT2D eigenvalue weighted by molar-refractivity contribution is 6.05. The molecule has 1 aliphatic rings. The van der Waals surface area contributed by atoms with E-state index in [0.717, 1.165) is 5.56 Å². The molecule has 2 heterocycles. The normalized spacial score (nSPS) is 14.9. The fourth-order valence-electron chi connectivity index (χ4n) is 3.84. The predicted octanol–water partition coefficient (Wildman–Crippen LogP) is 3.71. The molecular formula is C23H21NO5. The molecule has 0 aliphatic carbocycles. The number of carbonyl (C=O) groups is 2. The van der Waals surface area contributed by atoms with Crippen molar-refractivity contribution in [1.29, 1.82) is 0 Å². The number of carboxylic acids is 1. The molecule has 0 atom stereocenters. The van der Waals surface area contributed by atoms with Gasteiger partial charge in [0.1, 0.15) is 5.76 Å². The molecule has 6 nitrogen and oxygen atoms in total. The predicted molar refractivity (Wildman–Crippen MR) is 109 cm³/mol. The maximum atomic E-state index is 13.2. The summed E-state index contributed by atoms with van der Waals surface area (Å²) in [6.07, 6.45) is 0.842. The first-order valence-electron chi connectivity index (χ1n) is 9.61. The van der Waals surface area contributed by atoms with Crippen LogP contribution in [-0.4, -0.2) is 35.0 Å². The number of carbonyl (C=O) groups excluding carboxylic acids is 1. The smallest absolute Gasteiger partial charge is 0.306 e. The molecule has 0 spiro atoms. The third-order valence-electron chi connectivity index (χ3n) is 5.54. The van der Waals surface area contributed by atoms with Gasteiger partial charge in [-0.1, -0.05) is 36.4 Å². The number of benzene rings is 2. The summed E-state index contributed by atoms with van der Waals surface area (Å²) in [4.78, 5) is 38.9. The van der Waals surface area contributed by atoms with Crippen LogP contribution in [0.25, 0.3) is 22.3 Å². The van der Waals surface area contributed by atoms with Crippen LogP contribution in [-0.2, 0) is 4.79 Å². The van der Waals surface area contributed by atoms with Crippen LogP contribution < -0.4 is 5.43 Å². The van der Waals surface area contributed by atoms with Gasteiger partial charge in [0.2, 0.25) is 0 Å². The van der Waals surface area contributed by atoms with E-state index < -0.39 is 11.9 Å². The SMILES string of the molecule is Cc1c(-c2ccccc2)oc2c(C(=O)N3CCC(C(=O)O)CC3)cccc2c1=O. The van der Waals surface area contributed by atoms with Crippen molar-refractivity contribution in [3.8, 4) is 11.3 Å². The average Bonchev–Trinajstić information content (AvgIpc) is 2.76. The number of hydrogen-bond donors (Lipinski definition) is 1. The molecule has 1 saturated heterocycles. The van der Waals surface area contributed by atoms with Crippen LogP contribution >= 0.6 is 0 Å². The van der Waals surface area contributed by atoms with Gasteiger partial charge >= 0.3 is 5.97 Å². The van der Waals surface area contributed by atoms with E-state index in [0.29, 0.717) is 48.2 Å². The van der Waals surface area contributed by atoms with Gasteiger partial charge in [-0.2, -0.15) is 0 Å². The molecule has 29 heavy (non-hydrogen) atoms. The topological polar surface area (TPSA) is 87.8 Å². The van der Waals surface area contributed by atoms with Gasteiger partial charge in [-0.15, -0.1) is 0 Å². The zero-order valence-corrected chi connectivity index (χ0v) is 16.1. The fourth-order valence-corrected chi connectivity index (χ4v) is 3.84. The lowest BCUT2D eigenvalue weighted by atomic mass is 9.96. The Morgan fingerprint density at radius 2 is 1.72 bits per heavy atom. The van der Waals surface area contributed by atoms with Gasteiger partial charge < -0.3 is 14.4 Å². The lowest BCUT2D eigenvalue weighted by molar-refractivity contribution is -0.143. The Morgan fingerprint density at radius 1 is 1.03 bits per heavy atom. The molecule has 0 unspecified atom stereocenters. The summed E-state index contributed by atoms with van der Waals surface area (Å²) < 4.78 is 6.12. The van der Waals surface area contributed by atoms with Crippen molar-refractivity contribution in [2.75, 3.05) is 13.1 Å². The third-order valence-corrected chi connectivity index (χ3v) is 5.54. The molecule has 6 heteroatoms. The molecule has 1 fully saturated rings. The second-order valence-corrected chi connectivity index (χ2v) is 7.34. The molecule has 1 aromatic heterocycles. The number of nitrogens with zero attached hydrogens (tertiary/aromatic N) is 1. The highest BCUT2D eigenvalue weighted by Gasteiger charge is 2.29. The first-order valence-corrected chi connectivity index (χ1v) is 9.61. The van der Waals surface area contributed by atoms with Crippen molar-refractivity contribution in [1.82, 2.24) is 4.90 Å². The maximum absolute atomic E-state index is 13.2. The van der Waals surface area contributed by atoms with Crippen molar-refractivity contribution < 1.29 is 19.1 Å². The van der Waals surface area contributed by atoms with Gasteiger partial charge in [0.15, 0.2) is 11.0 Å². The van der Waals surface area contributed by atoms with Crippen molar-refractivity contribution in [2.24, 2.45) is 5.92 Å². The first kappa shape index (κ1) is 18.9. The van der Waals surface area contributed by atoms with Gasteiger partial charge in [0.25, 0.3) is 5.91 Å². The van der Waals surface area contributed by atoms with E-state index in [4.69, 9.17) is 9.52 Å². The molecule has 1 N–H and O–H groups in total. The Bertz CT molecular complexity index is 1140. The number of carboxylic acid groups (broad SMARTS) is 1. The summed E-state index contributed by atoms with van der Waals surface area (Å²) in [6, 6.07) is 14.3. The molecule has 148 valence electrons. The summed E-state index contributed by atoms with van der Waals surface area (Å²) in [5.41, 5.74) is 1.70. The van der Waals surface area contributed by atoms with Crippen LogP contribution in [0.1, 0.15) is 28.8 Å². The summed E-state index contributed by atoms with van der Waals surface area (Å²) in [7, 11) is 0. The van der Waals surface area contributed by atoms with E-state index in [1.165, 1.54) is 0 Å². The van der Waals surface area contributed by atoms with Gasteiger partial charge in [-0.05, 0) is 31.9 Å². The van der Waals surface area contributed by atoms with Crippen molar-refractivity contribution >= 4 is 22.8 Å². The Balaban J connectivity index is 1.78. The minimum absolute atomic E-state index is 0.163. The second kappa shape index (κ2) is 7.54. The van der Waals surface area contributed by atoms with Gasteiger partial charge in [-0.3, -0.25) is 14.4 Å². The quantitative estimate of drug-likeness (QED) is 0.735. The van der Waals surface area contributed by atoms with Gasteiger partial charge in [0.05, 0.1) is 16.9 Å². The average molecular weight is 391 g/mol. The zero-order chi connectivity index (χ0) is 20.5. The first-order chi connectivity index (χ1) is 14.0.